The van der Waals surface area contributed by atoms with Crippen LogP contribution >= 0.6 is 0 Å². The number of nitrogens with one attached hydrogen (secondary N) is 6. The molecule has 0 bridgehead atoms. The summed E-state index contributed by atoms with van der Waals surface area (Å²) in [6.45, 7) is 4.92. The molecule has 0 aliphatic carbocycles. The molecule has 68 heavy (non-hydrogen) atoms. The van der Waals surface area contributed by atoms with Gasteiger partial charge in [0.15, 0.2) is 0 Å². The van der Waals surface area contributed by atoms with Crippen LogP contribution in [0.15, 0.2) is 152 Å². The van der Waals surface area contributed by atoms with Crippen LogP contribution in [-0.4, -0.2) is 77.2 Å². The first-order valence-electron chi connectivity index (χ1n) is 22.5. The summed E-state index contributed by atoms with van der Waals surface area (Å²) in [5, 5.41) is 14.8. The van der Waals surface area contributed by atoms with E-state index in [1.165, 1.54) is 0 Å². The minimum atomic E-state index is -1.49. The number of carbonyl (C=O) groups is 6. The largest absolute Gasteiger partial charge is 0.459 e. The lowest BCUT2D eigenvalue weighted by Gasteiger charge is -2.26. The Hall–Kier alpha value is -7.94. The Kier molecular flexibility index (Phi) is 17.9. The topological polar surface area (TPSA) is 206 Å². The highest BCUT2D eigenvalue weighted by atomic mass is 16.6. The molecule has 0 saturated heterocycles. The maximum atomic E-state index is 14.7. The number of carbonyl (C=O) groups excluding carboxylic acids is 6. The highest BCUT2D eigenvalue weighted by Gasteiger charge is 2.33. The first kappa shape index (κ1) is 49.5. The standard InChI is InChI=1S/C53H58N6O9/c1-53(2,3)68-52(65)59-46(50(63)66-34-38-22-12-6-13-23-38)31-47(60)57-45(30-40-32-54-43-27-17-16-26-42(40)43)49(62)58-44(29-37-20-10-5-11-21-37)48(61)56-41(28-36-18-8-4-9-19-36)33-55-51(64)67-35-39-24-14-7-15-25-39/h4-27,32,41,44-46,54H,28-31,33-35H2,1-3H3,(H,55,64)(H,56,61)(H,57,60)(H,58,62)(H,59,65)/t41-,44+,45+,46-/m1/s1. The van der Waals surface area contributed by atoms with Gasteiger partial charge in [-0.2, -0.15) is 0 Å². The number of alkyl carbamates (subject to hydrolysis) is 2. The molecule has 0 saturated carbocycles. The van der Waals surface area contributed by atoms with Crippen LogP contribution in [0.4, 0.5) is 9.59 Å². The Bertz CT molecular complexity index is 2580. The van der Waals surface area contributed by atoms with Gasteiger partial charge in [-0.15, -0.1) is 0 Å². The van der Waals surface area contributed by atoms with Crippen molar-refractivity contribution in [2.24, 2.45) is 0 Å². The fourth-order valence-electron chi connectivity index (χ4n) is 7.33. The summed E-state index contributed by atoms with van der Waals surface area (Å²) in [4.78, 5) is 85.8. The molecule has 5 amide bonds. The maximum Gasteiger partial charge on any atom is 0.408 e. The van der Waals surface area contributed by atoms with Gasteiger partial charge in [-0.25, -0.2) is 14.4 Å². The van der Waals surface area contributed by atoms with Gasteiger partial charge in [0, 0.05) is 36.5 Å². The number of esters is 1. The van der Waals surface area contributed by atoms with E-state index in [-0.39, 0.29) is 32.6 Å². The second-order valence-corrected chi connectivity index (χ2v) is 17.3. The highest BCUT2D eigenvalue weighted by molar-refractivity contribution is 5.95. The van der Waals surface area contributed by atoms with E-state index in [4.69, 9.17) is 14.2 Å². The van der Waals surface area contributed by atoms with Crippen molar-refractivity contribution in [1.82, 2.24) is 31.6 Å². The van der Waals surface area contributed by atoms with Crippen LogP contribution in [0.5, 0.6) is 0 Å². The Morgan fingerprint density at radius 2 is 1.04 bits per heavy atom. The van der Waals surface area contributed by atoms with Crippen molar-refractivity contribution in [3.8, 4) is 0 Å². The van der Waals surface area contributed by atoms with E-state index in [9.17, 15) is 28.8 Å². The van der Waals surface area contributed by atoms with E-state index in [0.717, 1.165) is 27.6 Å². The van der Waals surface area contributed by atoms with Gasteiger partial charge in [-0.3, -0.25) is 14.4 Å². The Balaban J connectivity index is 1.23. The Morgan fingerprint density at radius 1 is 0.529 bits per heavy atom. The molecule has 0 spiro atoms. The molecule has 0 aliphatic heterocycles. The van der Waals surface area contributed by atoms with Gasteiger partial charge in [-0.05, 0) is 61.1 Å². The molecule has 4 atom stereocenters. The number of benzene rings is 5. The van der Waals surface area contributed by atoms with E-state index >= 15 is 0 Å². The predicted molar refractivity (Wildman–Crippen MR) is 257 cm³/mol. The van der Waals surface area contributed by atoms with Crippen molar-refractivity contribution in [1.29, 1.82) is 0 Å². The highest BCUT2D eigenvalue weighted by Crippen LogP contribution is 2.20. The molecule has 1 aromatic heterocycles. The third-order valence-electron chi connectivity index (χ3n) is 10.6. The molecule has 354 valence electrons. The van der Waals surface area contributed by atoms with E-state index < -0.39 is 72.1 Å². The zero-order chi connectivity index (χ0) is 48.3. The summed E-state index contributed by atoms with van der Waals surface area (Å²) in [7, 11) is 0. The van der Waals surface area contributed by atoms with Crippen molar-refractivity contribution in [2.75, 3.05) is 6.54 Å². The zero-order valence-corrected chi connectivity index (χ0v) is 38.4. The SMILES string of the molecule is CC(C)(C)OC(=O)N[C@H](CC(=O)N[C@@H](Cc1c[nH]c2ccccc12)C(=O)N[C@@H](Cc1ccccc1)C(=O)N[C@@H](CNC(=O)OCc1ccccc1)Cc1ccccc1)C(=O)OCc1ccccc1. The number of ether oxygens (including phenoxy) is 3. The summed E-state index contributed by atoms with van der Waals surface area (Å²) in [5.74, 6) is -2.89. The van der Waals surface area contributed by atoms with Crippen LogP contribution in [0.1, 0.15) is 55.0 Å². The van der Waals surface area contributed by atoms with Gasteiger partial charge in [0.1, 0.15) is 36.9 Å². The lowest BCUT2D eigenvalue weighted by Crippen LogP contribution is -2.57. The molecule has 6 N–H and O–H groups in total. The van der Waals surface area contributed by atoms with Gasteiger partial charge in [-0.1, -0.05) is 140 Å². The van der Waals surface area contributed by atoms with Crippen molar-refractivity contribution in [3.63, 3.8) is 0 Å². The fourth-order valence-corrected chi connectivity index (χ4v) is 7.33. The average molecular weight is 923 g/mol. The van der Waals surface area contributed by atoms with Crippen LogP contribution in [0.2, 0.25) is 0 Å². The van der Waals surface area contributed by atoms with Gasteiger partial charge >= 0.3 is 18.2 Å². The van der Waals surface area contributed by atoms with Crippen LogP contribution in [0.3, 0.4) is 0 Å². The van der Waals surface area contributed by atoms with Crippen molar-refractivity contribution >= 4 is 46.8 Å². The molecule has 0 radical (unpaired) electrons. The molecule has 15 heteroatoms. The number of rotatable bonds is 21. The van der Waals surface area contributed by atoms with E-state index in [2.05, 4.69) is 31.6 Å². The second-order valence-electron chi connectivity index (χ2n) is 17.3. The van der Waals surface area contributed by atoms with Crippen molar-refractivity contribution in [3.05, 3.63) is 180 Å². The van der Waals surface area contributed by atoms with Crippen molar-refractivity contribution < 1.29 is 43.0 Å². The average Bonchev–Trinajstić information content (AvgIpc) is 3.74. The monoisotopic (exact) mass is 922 g/mol. The molecule has 15 nitrogen and oxygen atoms in total. The van der Waals surface area contributed by atoms with Gasteiger partial charge in [0.25, 0.3) is 0 Å². The first-order chi connectivity index (χ1) is 32.8. The summed E-state index contributed by atoms with van der Waals surface area (Å²) in [5.41, 5.74) is 3.73. The minimum Gasteiger partial charge on any atom is -0.459 e. The Labute approximate surface area is 395 Å². The van der Waals surface area contributed by atoms with Crippen LogP contribution in [-0.2, 0) is 65.9 Å². The molecule has 0 aliphatic rings. The summed E-state index contributed by atoms with van der Waals surface area (Å²) < 4.78 is 16.4. The molecular weight excluding hydrogens is 865 g/mol. The predicted octanol–water partition coefficient (Wildman–Crippen LogP) is 6.60. The zero-order valence-electron chi connectivity index (χ0n) is 38.4. The molecular formula is C53H58N6O9. The minimum absolute atomic E-state index is 0.00574. The summed E-state index contributed by atoms with van der Waals surface area (Å²) in [6, 6.07) is 39.6. The number of hydrogen-bond donors (Lipinski definition) is 6. The summed E-state index contributed by atoms with van der Waals surface area (Å²) >= 11 is 0. The lowest BCUT2D eigenvalue weighted by atomic mass is 10.0. The molecule has 6 rings (SSSR count). The third kappa shape index (κ3) is 16.2. The van der Waals surface area contributed by atoms with Crippen LogP contribution < -0.4 is 26.6 Å². The fraction of sp³-hybridized carbons (Fsp3) is 0.283. The lowest BCUT2D eigenvalue weighted by molar-refractivity contribution is -0.149. The molecule has 0 unspecified atom stereocenters. The third-order valence-corrected chi connectivity index (χ3v) is 10.6. The number of H-pyrrole nitrogens is 1. The second kappa shape index (κ2) is 24.5. The molecule has 5 aromatic carbocycles. The van der Waals surface area contributed by atoms with E-state index in [0.29, 0.717) is 17.5 Å². The molecule has 1 heterocycles. The van der Waals surface area contributed by atoms with Gasteiger partial charge in [0.2, 0.25) is 17.7 Å². The quantitative estimate of drug-likeness (QED) is 0.0339. The smallest absolute Gasteiger partial charge is 0.408 e. The number of hydrogen-bond acceptors (Lipinski definition) is 9. The Morgan fingerprint density at radius 3 is 1.65 bits per heavy atom. The number of amides is 5. The number of aromatic amines is 1. The number of aromatic nitrogens is 1. The normalized spacial score (nSPS) is 12.9. The van der Waals surface area contributed by atoms with E-state index in [1.54, 1.807) is 51.2 Å². The van der Waals surface area contributed by atoms with Crippen LogP contribution in [0.25, 0.3) is 10.9 Å². The molecule has 6 aromatic rings. The van der Waals surface area contributed by atoms with Gasteiger partial charge < -0.3 is 45.8 Å². The van der Waals surface area contributed by atoms with E-state index in [1.807, 2.05) is 121 Å². The van der Waals surface area contributed by atoms with Crippen LogP contribution in [0, 0.1) is 0 Å². The number of fused-ring (bicyclic) bond motifs is 1. The van der Waals surface area contributed by atoms with Crippen molar-refractivity contribution in [2.45, 2.75) is 89.4 Å². The first-order valence-corrected chi connectivity index (χ1v) is 22.5. The molecule has 0 fully saturated rings. The maximum absolute atomic E-state index is 14.7. The number of para-hydroxylation sites is 1. The summed E-state index contributed by atoms with van der Waals surface area (Å²) in [6.07, 6.45) is -0.0884. The van der Waals surface area contributed by atoms with Gasteiger partial charge in [0.05, 0.1) is 12.5 Å².